The highest BCUT2D eigenvalue weighted by Crippen LogP contribution is 2.03. The zero-order chi connectivity index (χ0) is 13.7. The van der Waals surface area contributed by atoms with Crippen LogP contribution in [0.5, 0.6) is 0 Å². The topological polar surface area (TPSA) is 80.9 Å². The maximum Gasteiger partial charge on any atom is 0.253 e. The van der Waals surface area contributed by atoms with Crippen molar-refractivity contribution in [2.75, 3.05) is 5.73 Å². The Hall–Kier alpha value is -2.43. The number of nitrogen functional groups attached to an aromatic ring is 1. The van der Waals surface area contributed by atoms with Gasteiger partial charge in [-0.2, -0.15) is 0 Å². The van der Waals surface area contributed by atoms with Gasteiger partial charge in [-0.15, -0.1) is 0 Å². The zero-order valence-electron chi connectivity index (χ0n) is 10.8. The van der Waals surface area contributed by atoms with Crippen LogP contribution < -0.4 is 11.1 Å². The number of amides is 1. The molecule has 3 N–H and O–H groups in total. The molecule has 0 fully saturated rings. The van der Waals surface area contributed by atoms with Crippen LogP contribution in [0.2, 0.25) is 0 Å². The molecule has 0 aromatic carbocycles. The molecule has 5 heteroatoms. The lowest BCUT2D eigenvalue weighted by atomic mass is 10.2. The van der Waals surface area contributed by atoms with E-state index in [9.17, 15) is 4.79 Å². The third-order valence-corrected chi connectivity index (χ3v) is 2.77. The number of carbonyl (C=O) groups excluding carboxylic acids is 1. The largest absolute Gasteiger partial charge is 0.384 e. The van der Waals surface area contributed by atoms with Gasteiger partial charge in [-0.05, 0) is 30.2 Å². The molecule has 0 spiro atoms. The van der Waals surface area contributed by atoms with Gasteiger partial charge in [-0.3, -0.25) is 9.78 Å². The van der Waals surface area contributed by atoms with E-state index in [2.05, 4.69) is 22.2 Å². The van der Waals surface area contributed by atoms with E-state index in [0.717, 1.165) is 12.1 Å². The fourth-order valence-corrected chi connectivity index (χ4v) is 1.58. The molecule has 0 bridgehead atoms. The molecule has 5 nitrogen and oxygen atoms in total. The normalized spacial score (nSPS) is 10.2. The van der Waals surface area contributed by atoms with E-state index in [-0.39, 0.29) is 5.91 Å². The number of nitrogens with two attached hydrogens (primary N) is 1. The summed E-state index contributed by atoms with van der Waals surface area (Å²) in [7, 11) is 0. The van der Waals surface area contributed by atoms with Gasteiger partial charge < -0.3 is 11.1 Å². The Balaban J connectivity index is 1.94. The molecule has 0 saturated carbocycles. The second-order valence-corrected chi connectivity index (χ2v) is 4.17. The number of carbonyl (C=O) groups is 1. The van der Waals surface area contributed by atoms with Crippen LogP contribution >= 0.6 is 0 Å². The molecule has 0 unspecified atom stereocenters. The summed E-state index contributed by atoms with van der Waals surface area (Å²) in [5.74, 6) is 0.210. The lowest BCUT2D eigenvalue weighted by Crippen LogP contribution is -2.23. The van der Waals surface area contributed by atoms with Crippen LogP contribution in [0.4, 0.5) is 5.82 Å². The standard InChI is InChI=1S/C14H16N4O/c1-2-10-3-5-12(16-7-10)9-18-14(19)11-4-6-13(15)17-8-11/h3-8H,2,9H2,1H3,(H2,15,17)(H,18,19). The predicted octanol–water partition coefficient (Wildman–Crippen LogP) is 1.55. The predicted molar refractivity (Wildman–Crippen MR) is 73.4 cm³/mol. The van der Waals surface area contributed by atoms with Gasteiger partial charge in [-0.1, -0.05) is 13.0 Å². The van der Waals surface area contributed by atoms with Crippen molar-refractivity contribution in [3.63, 3.8) is 0 Å². The Bertz CT molecular complexity index is 549. The van der Waals surface area contributed by atoms with Gasteiger partial charge in [-0.25, -0.2) is 4.98 Å². The van der Waals surface area contributed by atoms with Crippen LogP contribution in [0, 0.1) is 0 Å². The van der Waals surface area contributed by atoms with Gasteiger partial charge in [0, 0.05) is 12.4 Å². The molecule has 0 aliphatic carbocycles. The smallest absolute Gasteiger partial charge is 0.253 e. The van der Waals surface area contributed by atoms with Gasteiger partial charge in [0.1, 0.15) is 5.82 Å². The summed E-state index contributed by atoms with van der Waals surface area (Å²) in [5, 5.41) is 2.79. The van der Waals surface area contributed by atoms with Crippen LogP contribution in [-0.2, 0) is 13.0 Å². The fourth-order valence-electron chi connectivity index (χ4n) is 1.58. The monoisotopic (exact) mass is 256 g/mol. The summed E-state index contributed by atoms with van der Waals surface area (Å²) in [4.78, 5) is 20.0. The first-order valence-corrected chi connectivity index (χ1v) is 6.12. The molecule has 1 amide bonds. The molecular weight excluding hydrogens is 240 g/mol. The lowest BCUT2D eigenvalue weighted by molar-refractivity contribution is 0.0950. The molecule has 0 aliphatic rings. The Morgan fingerprint density at radius 2 is 2.05 bits per heavy atom. The van der Waals surface area contributed by atoms with Gasteiger partial charge in [0.15, 0.2) is 0 Å². The fraction of sp³-hybridized carbons (Fsp3) is 0.214. The number of hydrogen-bond donors (Lipinski definition) is 2. The molecule has 0 aliphatic heterocycles. The highest BCUT2D eigenvalue weighted by Gasteiger charge is 2.05. The minimum absolute atomic E-state index is 0.186. The number of aromatic nitrogens is 2. The Labute approximate surface area is 111 Å². The quantitative estimate of drug-likeness (QED) is 0.869. The van der Waals surface area contributed by atoms with E-state index in [1.54, 1.807) is 12.1 Å². The van der Waals surface area contributed by atoms with Crippen molar-refractivity contribution in [2.45, 2.75) is 19.9 Å². The van der Waals surface area contributed by atoms with Crippen molar-refractivity contribution in [1.82, 2.24) is 15.3 Å². The lowest BCUT2D eigenvalue weighted by Gasteiger charge is -2.05. The van der Waals surface area contributed by atoms with Crippen LogP contribution in [-0.4, -0.2) is 15.9 Å². The molecule has 2 rings (SSSR count). The first-order chi connectivity index (χ1) is 9.19. The van der Waals surface area contributed by atoms with Crippen molar-refractivity contribution >= 4 is 11.7 Å². The van der Waals surface area contributed by atoms with E-state index in [0.29, 0.717) is 17.9 Å². The molecule has 2 aromatic heterocycles. The molecule has 0 radical (unpaired) electrons. The number of rotatable bonds is 4. The van der Waals surface area contributed by atoms with Crippen LogP contribution in [0.1, 0.15) is 28.5 Å². The molecule has 98 valence electrons. The average molecular weight is 256 g/mol. The van der Waals surface area contributed by atoms with Gasteiger partial charge in [0.25, 0.3) is 5.91 Å². The summed E-state index contributed by atoms with van der Waals surface area (Å²) in [5.41, 5.74) is 7.96. The van der Waals surface area contributed by atoms with Crippen LogP contribution in [0.25, 0.3) is 0 Å². The van der Waals surface area contributed by atoms with Crippen molar-refractivity contribution < 1.29 is 4.79 Å². The first-order valence-electron chi connectivity index (χ1n) is 6.12. The second-order valence-electron chi connectivity index (χ2n) is 4.17. The first kappa shape index (κ1) is 13.0. The third-order valence-electron chi connectivity index (χ3n) is 2.77. The Morgan fingerprint density at radius 3 is 2.63 bits per heavy atom. The molecule has 2 heterocycles. The SMILES string of the molecule is CCc1ccc(CNC(=O)c2ccc(N)nc2)nc1. The number of hydrogen-bond acceptors (Lipinski definition) is 4. The average Bonchev–Trinajstić information content (AvgIpc) is 2.46. The summed E-state index contributed by atoms with van der Waals surface area (Å²) in [6.45, 7) is 2.47. The summed E-state index contributed by atoms with van der Waals surface area (Å²) < 4.78 is 0. The maximum absolute atomic E-state index is 11.8. The van der Waals surface area contributed by atoms with E-state index < -0.39 is 0 Å². The minimum Gasteiger partial charge on any atom is -0.384 e. The van der Waals surface area contributed by atoms with Gasteiger partial charge in [0.05, 0.1) is 17.8 Å². The van der Waals surface area contributed by atoms with Crippen molar-refractivity contribution in [3.8, 4) is 0 Å². The number of pyridine rings is 2. The van der Waals surface area contributed by atoms with Crippen molar-refractivity contribution in [2.24, 2.45) is 0 Å². The van der Waals surface area contributed by atoms with Crippen LogP contribution in [0.15, 0.2) is 36.7 Å². The van der Waals surface area contributed by atoms with E-state index in [1.165, 1.54) is 11.8 Å². The number of nitrogens with one attached hydrogen (secondary N) is 1. The number of nitrogens with zero attached hydrogens (tertiary/aromatic N) is 2. The number of aryl methyl sites for hydroxylation is 1. The molecule has 19 heavy (non-hydrogen) atoms. The third kappa shape index (κ3) is 3.51. The molecule has 0 atom stereocenters. The highest BCUT2D eigenvalue weighted by molar-refractivity contribution is 5.93. The number of anilines is 1. The van der Waals surface area contributed by atoms with Crippen molar-refractivity contribution in [1.29, 1.82) is 0 Å². The minimum atomic E-state index is -0.186. The molecular formula is C14H16N4O. The molecule has 2 aromatic rings. The summed E-state index contributed by atoms with van der Waals surface area (Å²) >= 11 is 0. The Morgan fingerprint density at radius 1 is 1.21 bits per heavy atom. The molecule has 0 saturated heterocycles. The van der Waals surface area contributed by atoms with E-state index in [1.807, 2.05) is 18.3 Å². The Kier molecular flexibility index (Phi) is 4.07. The van der Waals surface area contributed by atoms with Gasteiger partial charge >= 0.3 is 0 Å². The van der Waals surface area contributed by atoms with E-state index in [4.69, 9.17) is 5.73 Å². The van der Waals surface area contributed by atoms with Crippen molar-refractivity contribution in [3.05, 3.63) is 53.5 Å². The zero-order valence-corrected chi connectivity index (χ0v) is 10.8. The maximum atomic E-state index is 11.8. The summed E-state index contributed by atoms with van der Waals surface area (Å²) in [6, 6.07) is 7.17. The highest BCUT2D eigenvalue weighted by atomic mass is 16.1. The second kappa shape index (κ2) is 5.95. The van der Waals surface area contributed by atoms with Crippen LogP contribution in [0.3, 0.4) is 0 Å². The summed E-state index contributed by atoms with van der Waals surface area (Å²) in [6.07, 6.45) is 4.24. The van der Waals surface area contributed by atoms with E-state index >= 15 is 0 Å². The van der Waals surface area contributed by atoms with Gasteiger partial charge in [0.2, 0.25) is 0 Å².